The molecule has 0 N–H and O–H groups in total. The van der Waals surface area contributed by atoms with Crippen molar-refractivity contribution in [1.29, 1.82) is 0 Å². The molecule has 3 nitrogen and oxygen atoms in total. The number of hydrogen-bond acceptors (Lipinski definition) is 2. The van der Waals surface area contributed by atoms with Crippen molar-refractivity contribution in [2.24, 2.45) is 5.92 Å². The van der Waals surface area contributed by atoms with E-state index in [0.717, 1.165) is 25.8 Å². The van der Waals surface area contributed by atoms with Crippen LogP contribution in [0.5, 0.6) is 0 Å². The Kier molecular flexibility index (Phi) is 8.64. The average Bonchev–Trinajstić information content (AvgIpc) is 3.04. The van der Waals surface area contributed by atoms with E-state index in [2.05, 4.69) is 61.1 Å². The summed E-state index contributed by atoms with van der Waals surface area (Å²) in [4.78, 5) is 12.7. The number of carbonyl (C=O) groups is 1. The van der Waals surface area contributed by atoms with Crippen molar-refractivity contribution in [2.45, 2.75) is 91.1 Å². The van der Waals surface area contributed by atoms with Gasteiger partial charge in [-0.1, -0.05) is 63.9 Å². The van der Waals surface area contributed by atoms with Crippen molar-refractivity contribution in [2.75, 3.05) is 6.54 Å². The van der Waals surface area contributed by atoms with Gasteiger partial charge in [0.2, 0.25) is 5.91 Å². The van der Waals surface area contributed by atoms with Crippen LogP contribution in [0.2, 0.25) is 0 Å². The van der Waals surface area contributed by atoms with Gasteiger partial charge in [0.1, 0.15) is 0 Å². The highest BCUT2D eigenvalue weighted by molar-refractivity contribution is 5.73. The molecule has 1 aromatic carbocycles. The fraction of sp³-hybridized carbons (Fsp3) is 0.696. The first-order valence-electron chi connectivity index (χ1n) is 10.6. The van der Waals surface area contributed by atoms with E-state index in [1.165, 1.54) is 37.7 Å². The van der Waals surface area contributed by atoms with Crippen LogP contribution in [0.1, 0.15) is 78.2 Å². The summed E-state index contributed by atoms with van der Waals surface area (Å²) in [5, 5.41) is 4.58. The predicted octanol–water partition coefficient (Wildman–Crippen LogP) is 5.45. The van der Waals surface area contributed by atoms with E-state index >= 15 is 0 Å². The Hall–Kier alpha value is -1.35. The monoisotopic (exact) mass is 358 g/mol. The standard InChI is InChI=1S/C23H38N2O/c1-5-6-13-22(16-15-21-11-8-7-9-12-21)25(20(4)26)24-17-10-14-23(24)18-19(2)3/h7-9,11-12,19,22-23H,5-6,10,13-18H2,1-4H3/t22-,23+/m1/s1. The Morgan fingerprint density at radius 1 is 1.23 bits per heavy atom. The van der Waals surface area contributed by atoms with Gasteiger partial charge < -0.3 is 0 Å². The third-order valence-corrected chi connectivity index (χ3v) is 5.53. The number of benzene rings is 1. The van der Waals surface area contributed by atoms with Crippen molar-refractivity contribution < 1.29 is 4.79 Å². The van der Waals surface area contributed by atoms with Gasteiger partial charge in [0.15, 0.2) is 0 Å². The van der Waals surface area contributed by atoms with E-state index in [1.807, 2.05) is 0 Å². The lowest BCUT2D eigenvalue weighted by atomic mass is 9.99. The van der Waals surface area contributed by atoms with E-state index in [9.17, 15) is 4.79 Å². The number of carbonyl (C=O) groups excluding carboxylic acids is 1. The second kappa shape index (κ2) is 10.7. The van der Waals surface area contributed by atoms with Crippen LogP contribution >= 0.6 is 0 Å². The third-order valence-electron chi connectivity index (χ3n) is 5.53. The number of rotatable bonds is 10. The minimum atomic E-state index is 0.217. The van der Waals surface area contributed by atoms with Gasteiger partial charge in [-0.15, -0.1) is 0 Å². The van der Waals surface area contributed by atoms with Gasteiger partial charge in [-0.2, -0.15) is 0 Å². The summed E-state index contributed by atoms with van der Waals surface area (Å²) >= 11 is 0. The smallest absolute Gasteiger partial charge is 0.234 e. The largest absolute Gasteiger partial charge is 0.274 e. The fourth-order valence-corrected chi connectivity index (χ4v) is 4.34. The van der Waals surface area contributed by atoms with Crippen LogP contribution < -0.4 is 0 Å². The Labute approximate surface area is 160 Å². The zero-order valence-corrected chi connectivity index (χ0v) is 17.3. The van der Waals surface area contributed by atoms with E-state index < -0.39 is 0 Å². The molecule has 1 aromatic rings. The molecule has 0 aromatic heterocycles. The van der Waals surface area contributed by atoms with Crippen molar-refractivity contribution in [1.82, 2.24) is 10.0 Å². The summed E-state index contributed by atoms with van der Waals surface area (Å²) in [5.41, 5.74) is 1.37. The lowest BCUT2D eigenvalue weighted by Gasteiger charge is -2.41. The molecule has 1 saturated heterocycles. The van der Waals surface area contributed by atoms with Crippen LogP contribution in [-0.2, 0) is 11.2 Å². The van der Waals surface area contributed by atoms with Crippen LogP contribution in [0.15, 0.2) is 30.3 Å². The van der Waals surface area contributed by atoms with Crippen molar-refractivity contribution >= 4 is 5.91 Å². The van der Waals surface area contributed by atoms with Gasteiger partial charge in [0.25, 0.3) is 0 Å². The predicted molar refractivity (Wildman–Crippen MR) is 110 cm³/mol. The molecule has 0 spiro atoms. The van der Waals surface area contributed by atoms with E-state index in [1.54, 1.807) is 6.92 Å². The number of hydrazine groups is 1. The SMILES string of the molecule is CCCC[C@H](CCc1ccccc1)N(C(C)=O)N1CCC[C@H]1CC(C)C. The van der Waals surface area contributed by atoms with Gasteiger partial charge in [-0.05, 0) is 50.0 Å². The highest BCUT2D eigenvalue weighted by atomic mass is 16.2. The van der Waals surface area contributed by atoms with Crippen LogP contribution in [0.4, 0.5) is 0 Å². The van der Waals surface area contributed by atoms with Gasteiger partial charge in [0, 0.05) is 25.6 Å². The number of unbranched alkanes of at least 4 members (excludes halogenated alkanes) is 1. The second-order valence-electron chi connectivity index (χ2n) is 8.27. The molecule has 0 bridgehead atoms. The van der Waals surface area contributed by atoms with Gasteiger partial charge in [0.05, 0.1) is 0 Å². The fourth-order valence-electron chi connectivity index (χ4n) is 4.34. The molecule has 1 heterocycles. The summed E-state index contributed by atoms with van der Waals surface area (Å²) in [6, 6.07) is 11.5. The van der Waals surface area contributed by atoms with Crippen molar-refractivity contribution in [3.8, 4) is 0 Å². The molecule has 146 valence electrons. The summed E-state index contributed by atoms with van der Waals surface area (Å²) in [6.07, 6.45) is 9.18. The molecular weight excluding hydrogens is 320 g/mol. The van der Waals surface area contributed by atoms with Crippen molar-refractivity contribution in [3.05, 3.63) is 35.9 Å². The lowest BCUT2D eigenvalue weighted by Crippen LogP contribution is -2.53. The van der Waals surface area contributed by atoms with Crippen LogP contribution in [-0.4, -0.2) is 34.6 Å². The minimum absolute atomic E-state index is 0.217. The second-order valence-corrected chi connectivity index (χ2v) is 8.27. The first-order valence-corrected chi connectivity index (χ1v) is 10.6. The molecule has 1 fully saturated rings. The molecule has 1 aliphatic rings. The number of aryl methyl sites for hydroxylation is 1. The molecule has 0 saturated carbocycles. The average molecular weight is 359 g/mol. The number of amides is 1. The highest BCUT2D eigenvalue weighted by Gasteiger charge is 2.34. The topological polar surface area (TPSA) is 23.6 Å². The molecule has 3 heteroatoms. The maximum absolute atomic E-state index is 12.7. The first kappa shape index (κ1) is 21.0. The van der Waals surface area contributed by atoms with Crippen molar-refractivity contribution in [3.63, 3.8) is 0 Å². The molecule has 0 radical (unpaired) electrons. The molecular formula is C23H38N2O. The Morgan fingerprint density at radius 2 is 1.96 bits per heavy atom. The summed E-state index contributed by atoms with van der Waals surface area (Å²) in [5.74, 6) is 0.891. The van der Waals surface area contributed by atoms with E-state index in [-0.39, 0.29) is 5.91 Å². The number of hydrogen-bond donors (Lipinski definition) is 0. The summed E-state index contributed by atoms with van der Waals surface area (Å²) in [7, 11) is 0. The zero-order valence-electron chi connectivity index (χ0n) is 17.3. The minimum Gasteiger partial charge on any atom is -0.274 e. The van der Waals surface area contributed by atoms with Gasteiger partial charge in [-0.3, -0.25) is 9.80 Å². The first-order chi connectivity index (χ1) is 12.5. The van der Waals surface area contributed by atoms with Crippen LogP contribution in [0.3, 0.4) is 0 Å². The van der Waals surface area contributed by atoms with Gasteiger partial charge >= 0.3 is 0 Å². The summed E-state index contributed by atoms with van der Waals surface area (Å²) < 4.78 is 0. The quantitative estimate of drug-likeness (QED) is 0.555. The maximum atomic E-state index is 12.7. The Bertz CT molecular complexity index is 528. The van der Waals surface area contributed by atoms with E-state index in [4.69, 9.17) is 0 Å². The van der Waals surface area contributed by atoms with E-state index in [0.29, 0.717) is 18.0 Å². The van der Waals surface area contributed by atoms with Crippen LogP contribution in [0.25, 0.3) is 0 Å². The lowest BCUT2D eigenvalue weighted by molar-refractivity contribution is -0.157. The normalized spacial score (nSPS) is 19.0. The molecule has 2 atom stereocenters. The molecule has 26 heavy (non-hydrogen) atoms. The van der Waals surface area contributed by atoms with Crippen LogP contribution in [0, 0.1) is 5.92 Å². The molecule has 0 aliphatic carbocycles. The highest BCUT2D eigenvalue weighted by Crippen LogP contribution is 2.29. The Balaban J connectivity index is 2.12. The van der Waals surface area contributed by atoms with Gasteiger partial charge in [-0.25, -0.2) is 5.01 Å². The zero-order chi connectivity index (χ0) is 18.9. The molecule has 0 unspecified atom stereocenters. The third kappa shape index (κ3) is 6.12. The molecule has 2 rings (SSSR count). The summed E-state index contributed by atoms with van der Waals surface area (Å²) in [6.45, 7) is 9.61. The Morgan fingerprint density at radius 3 is 2.58 bits per heavy atom. The molecule has 1 aliphatic heterocycles. The number of nitrogens with zero attached hydrogens (tertiary/aromatic N) is 2. The maximum Gasteiger partial charge on any atom is 0.234 e. The molecule has 1 amide bonds.